The molecule has 0 saturated heterocycles. The molecule has 0 atom stereocenters. The fraction of sp³-hybridized carbons (Fsp3) is 0.143. The highest BCUT2D eigenvalue weighted by molar-refractivity contribution is 5.45. The van der Waals surface area contributed by atoms with Crippen LogP contribution < -0.4 is 10.1 Å². The van der Waals surface area contributed by atoms with Gasteiger partial charge in [0, 0.05) is 12.6 Å². The largest absolute Gasteiger partial charge is 0.481 e. The van der Waals surface area contributed by atoms with Crippen molar-refractivity contribution >= 4 is 5.69 Å². The smallest absolute Gasteiger partial charge is 0.213 e. The van der Waals surface area contributed by atoms with Gasteiger partial charge in [-0.05, 0) is 17.7 Å². The Hall–Kier alpha value is -2.54. The second-order valence-electron chi connectivity index (χ2n) is 3.71. The van der Waals surface area contributed by atoms with Crippen LogP contribution >= 0.6 is 0 Å². The van der Waals surface area contributed by atoms with E-state index in [1.165, 1.54) is 0 Å². The Morgan fingerprint density at radius 3 is 2.78 bits per heavy atom. The summed E-state index contributed by atoms with van der Waals surface area (Å²) in [4.78, 5) is 4.10. The van der Waals surface area contributed by atoms with E-state index in [4.69, 9.17) is 10.00 Å². The van der Waals surface area contributed by atoms with Gasteiger partial charge in [-0.15, -0.1) is 0 Å². The van der Waals surface area contributed by atoms with Gasteiger partial charge < -0.3 is 10.1 Å². The van der Waals surface area contributed by atoms with Crippen LogP contribution in [0.5, 0.6) is 5.88 Å². The van der Waals surface area contributed by atoms with E-state index < -0.39 is 0 Å². The van der Waals surface area contributed by atoms with Gasteiger partial charge in [-0.25, -0.2) is 4.98 Å². The van der Waals surface area contributed by atoms with Crippen molar-refractivity contribution in [3.63, 3.8) is 0 Å². The molecule has 0 unspecified atom stereocenters. The molecule has 0 aliphatic rings. The van der Waals surface area contributed by atoms with Crippen LogP contribution in [0.15, 0.2) is 42.6 Å². The number of rotatable bonds is 4. The van der Waals surface area contributed by atoms with Crippen LogP contribution in [0.1, 0.15) is 11.1 Å². The molecule has 0 radical (unpaired) electrons. The van der Waals surface area contributed by atoms with Crippen LogP contribution in [-0.2, 0) is 6.54 Å². The summed E-state index contributed by atoms with van der Waals surface area (Å²) in [6, 6.07) is 13.4. The molecule has 0 spiro atoms. The number of ether oxygens (including phenoxy) is 1. The summed E-state index contributed by atoms with van der Waals surface area (Å²) in [6.45, 7) is 0.595. The van der Waals surface area contributed by atoms with Crippen molar-refractivity contribution < 1.29 is 4.74 Å². The monoisotopic (exact) mass is 239 g/mol. The summed E-state index contributed by atoms with van der Waals surface area (Å²) in [5.41, 5.74) is 2.55. The molecule has 1 aromatic carbocycles. The maximum atomic E-state index is 8.98. The summed E-state index contributed by atoms with van der Waals surface area (Å²) in [6.07, 6.45) is 1.70. The number of aromatic nitrogens is 1. The van der Waals surface area contributed by atoms with E-state index in [2.05, 4.69) is 16.4 Å². The molecule has 4 heteroatoms. The second kappa shape index (κ2) is 5.69. The van der Waals surface area contributed by atoms with Crippen molar-refractivity contribution in [1.82, 2.24) is 4.98 Å². The minimum absolute atomic E-state index is 0.581. The lowest BCUT2D eigenvalue weighted by molar-refractivity contribution is 0.398. The van der Waals surface area contributed by atoms with E-state index in [9.17, 15) is 0 Å². The van der Waals surface area contributed by atoms with Crippen LogP contribution in [0.2, 0.25) is 0 Å². The summed E-state index contributed by atoms with van der Waals surface area (Å²) in [5, 5.41) is 12.2. The lowest BCUT2D eigenvalue weighted by Crippen LogP contribution is -2.01. The summed E-state index contributed by atoms with van der Waals surface area (Å²) in [7, 11) is 1.58. The average molecular weight is 239 g/mol. The highest BCUT2D eigenvalue weighted by Gasteiger charge is 2.00. The quantitative estimate of drug-likeness (QED) is 0.890. The third kappa shape index (κ3) is 2.77. The van der Waals surface area contributed by atoms with Crippen molar-refractivity contribution in [1.29, 1.82) is 5.26 Å². The molecule has 0 amide bonds. The molecule has 0 fully saturated rings. The third-order valence-electron chi connectivity index (χ3n) is 2.57. The lowest BCUT2D eigenvalue weighted by atomic mass is 10.1. The fourth-order valence-corrected chi connectivity index (χ4v) is 1.59. The minimum atomic E-state index is 0.581. The predicted molar refractivity (Wildman–Crippen MR) is 69.3 cm³/mol. The van der Waals surface area contributed by atoms with Gasteiger partial charge in [-0.1, -0.05) is 18.2 Å². The first-order chi connectivity index (χ1) is 8.83. The normalized spacial score (nSPS) is 9.56. The van der Waals surface area contributed by atoms with Crippen molar-refractivity contribution in [2.24, 2.45) is 0 Å². The van der Waals surface area contributed by atoms with E-state index in [0.29, 0.717) is 18.0 Å². The molecule has 2 aromatic rings. The van der Waals surface area contributed by atoms with E-state index in [0.717, 1.165) is 11.3 Å². The van der Waals surface area contributed by atoms with Gasteiger partial charge in [-0.3, -0.25) is 0 Å². The molecule has 90 valence electrons. The number of anilines is 1. The Labute approximate surface area is 106 Å². The van der Waals surface area contributed by atoms with Gasteiger partial charge in [0.05, 0.1) is 30.6 Å². The number of methoxy groups -OCH3 is 1. The zero-order valence-electron chi connectivity index (χ0n) is 10.1. The van der Waals surface area contributed by atoms with Crippen LogP contribution in [-0.4, -0.2) is 12.1 Å². The number of nitriles is 1. The molecule has 4 nitrogen and oxygen atoms in total. The zero-order valence-corrected chi connectivity index (χ0v) is 10.1. The first kappa shape index (κ1) is 11.9. The number of pyridine rings is 1. The van der Waals surface area contributed by atoms with Gasteiger partial charge in [-0.2, -0.15) is 5.26 Å². The fourth-order valence-electron chi connectivity index (χ4n) is 1.59. The number of nitrogens with zero attached hydrogens (tertiary/aromatic N) is 2. The minimum Gasteiger partial charge on any atom is -0.481 e. The molecular weight excluding hydrogens is 226 g/mol. The molecule has 0 aliphatic heterocycles. The van der Waals surface area contributed by atoms with Crippen LogP contribution in [0.3, 0.4) is 0 Å². The Balaban J connectivity index is 2.05. The first-order valence-electron chi connectivity index (χ1n) is 5.55. The topological polar surface area (TPSA) is 57.9 Å². The summed E-state index contributed by atoms with van der Waals surface area (Å²) >= 11 is 0. The van der Waals surface area contributed by atoms with Gasteiger partial charge in [0.15, 0.2) is 0 Å². The Morgan fingerprint density at radius 1 is 1.28 bits per heavy atom. The maximum absolute atomic E-state index is 8.98. The van der Waals surface area contributed by atoms with Gasteiger partial charge in [0.25, 0.3) is 0 Å². The zero-order chi connectivity index (χ0) is 12.8. The summed E-state index contributed by atoms with van der Waals surface area (Å²) in [5.74, 6) is 0.581. The number of hydrogen-bond acceptors (Lipinski definition) is 4. The number of nitrogens with one attached hydrogen (secondary N) is 1. The van der Waals surface area contributed by atoms with E-state index >= 15 is 0 Å². The third-order valence-corrected chi connectivity index (χ3v) is 2.57. The van der Waals surface area contributed by atoms with Crippen molar-refractivity contribution in [2.45, 2.75) is 6.54 Å². The molecule has 2 rings (SSSR count). The number of hydrogen-bond donors (Lipinski definition) is 1. The SMILES string of the molecule is COc1ccc(NCc2ccccc2C#N)cn1. The Kier molecular flexibility index (Phi) is 3.77. The van der Waals surface area contributed by atoms with E-state index in [1.54, 1.807) is 19.4 Å². The predicted octanol–water partition coefficient (Wildman–Crippen LogP) is 2.57. The highest BCUT2D eigenvalue weighted by atomic mass is 16.5. The van der Waals surface area contributed by atoms with E-state index in [1.807, 2.05) is 30.3 Å². The standard InChI is InChI=1S/C14H13N3O/c1-18-14-7-6-13(10-17-14)16-9-12-5-3-2-4-11(12)8-15/h2-7,10,16H,9H2,1H3. The van der Waals surface area contributed by atoms with Crippen molar-refractivity contribution in [3.05, 3.63) is 53.7 Å². The van der Waals surface area contributed by atoms with Gasteiger partial charge in [0.1, 0.15) is 0 Å². The van der Waals surface area contributed by atoms with Crippen molar-refractivity contribution in [3.8, 4) is 11.9 Å². The Bertz CT molecular complexity index is 558. The van der Waals surface area contributed by atoms with Crippen LogP contribution in [0, 0.1) is 11.3 Å². The highest BCUT2D eigenvalue weighted by Crippen LogP contribution is 2.13. The first-order valence-corrected chi connectivity index (χ1v) is 5.55. The van der Waals surface area contributed by atoms with Crippen LogP contribution in [0.4, 0.5) is 5.69 Å². The lowest BCUT2D eigenvalue weighted by Gasteiger charge is -2.07. The average Bonchev–Trinajstić information content (AvgIpc) is 2.46. The molecule has 0 bridgehead atoms. The van der Waals surface area contributed by atoms with Gasteiger partial charge >= 0.3 is 0 Å². The molecule has 1 aromatic heterocycles. The van der Waals surface area contributed by atoms with E-state index in [-0.39, 0.29) is 0 Å². The number of benzene rings is 1. The van der Waals surface area contributed by atoms with Crippen molar-refractivity contribution in [2.75, 3.05) is 12.4 Å². The maximum Gasteiger partial charge on any atom is 0.213 e. The molecule has 0 saturated carbocycles. The molecule has 18 heavy (non-hydrogen) atoms. The van der Waals surface area contributed by atoms with Gasteiger partial charge in [0.2, 0.25) is 5.88 Å². The molecular formula is C14H13N3O. The molecule has 1 heterocycles. The second-order valence-corrected chi connectivity index (χ2v) is 3.71. The summed E-state index contributed by atoms with van der Waals surface area (Å²) < 4.78 is 4.99. The Morgan fingerprint density at radius 2 is 2.11 bits per heavy atom. The van der Waals surface area contributed by atoms with Crippen LogP contribution in [0.25, 0.3) is 0 Å². The molecule has 0 aliphatic carbocycles. The molecule has 1 N–H and O–H groups in total.